The number of carbonyl (C=O) groups excluding carboxylic acids is 2. The van der Waals surface area contributed by atoms with E-state index in [-0.39, 0.29) is 11.3 Å². The summed E-state index contributed by atoms with van der Waals surface area (Å²) < 4.78 is 1.87. The third-order valence-corrected chi connectivity index (χ3v) is 6.59. The molecule has 0 aromatic carbocycles. The summed E-state index contributed by atoms with van der Waals surface area (Å²) in [6, 6.07) is 4.20. The van der Waals surface area contributed by atoms with Crippen molar-refractivity contribution in [2.45, 2.75) is 57.4 Å². The van der Waals surface area contributed by atoms with E-state index in [1.807, 2.05) is 34.8 Å². The molecule has 1 aromatic heterocycles. The van der Waals surface area contributed by atoms with E-state index in [1.54, 1.807) is 0 Å². The second kappa shape index (κ2) is 6.50. The van der Waals surface area contributed by atoms with Crippen molar-refractivity contribution < 1.29 is 9.59 Å². The Bertz CT molecular complexity index is 662. The number of carbonyl (C=O) groups is 2. The van der Waals surface area contributed by atoms with Gasteiger partial charge in [0.2, 0.25) is 5.91 Å². The average Bonchev–Trinajstić information content (AvgIpc) is 3.25. The molecule has 2 amide bonds. The van der Waals surface area contributed by atoms with Crippen LogP contribution in [0.25, 0.3) is 0 Å². The van der Waals surface area contributed by atoms with Gasteiger partial charge in [0.1, 0.15) is 5.69 Å². The third-order valence-electron chi connectivity index (χ3n) is 6.59. The molecule has 3 fully saturated rings. The minimum atomic E-state index is -0.323. The van der Waals surface area contributed by atoms with Gasteiger partial charge in [0.15, 0.2) is 0 Å². The Kier molecular flexibility index (Phi) is 4.34. The molecule has 3 heterocycles. The summed E-state index contributed by atoms with van der Waals surface area (Å²) >= 11 is 0. The van der Waals surface area contributed by atoms with Crippen molar-refractivity contribution in [1.29, 1.82) is 0 Å². The van der Waals surface area contributed by atoms with E-state index >= 15 is 0 Å². The Morgan fingerprint density at radius 3 is 2.64 bits per heavy atom. The van der Waals surface area contributed by atoms with E-state index in [0.29, 0.717) is 30.7 Å². The first-order chi connectivity index (χ1) is 12.1. The molecule has 0 N–H and O–H groups in total. The Morgan fingerprint density at radius 2 is 1.92 bits per heavy atom. The lowest BCUT2D eigenvalue weighted by Crippen LogP contribution is -2.54. The second-order valence-electron chi connectivity index (χ2n) is 8.16. The average molecular weight is 343 g/mol. The van der Waals surface area contributed by atoms with E-state index in [2.05, 4.69) is 4.90 Å². The quantitative estimate of drug-likeness (QED) is 0.829. The van der Waals surface area contributed by atoms with Crippen LogP contribution in [0, 0.1) is 5.41 Å². The number of nitrogens with zero attached hydrogens (tertiary/aromatic N) is 3. The normalized spacial score (nSPS) is 28.1. The molecule has 5 heteroatoms. The van der Waals surface area contributed by atoms with Crippen LogP contribution >= 0.6 is 0 Å². The molecule has 1 unspecified atom stereocenters. The first-order valence-corrected chi connectivity index (χ1v) is 9.82. The summed E-state index contributed by atoms with van der Waals surface area (Å²) in [5.41, 5.74) is 0.390. The lowest BCUT2D eigenvalue weighted by atomic mass is 9.77. The molecule has 2 aliphatic heterocycles. The minimum absolute atomic E-state index is 0.0620. The van der Waals surface area contributed by atoms with Crippen LogP contribution in [-0.2, 0) is 11.8 Å². The molecule has 0 bridgehead atoms. The SMILES string of the molecule is Cn1cccc1C(=O)N1CCC2(CCCN(C3CCCCC3)C2=O)C1. The van der Waals surface area contributed by atoms with Crippen LogP contribution in [0.4, 0.5) is 0 Å². The molecule has 3 aliphatic rings. The molecule has 5 nitrogen and oxygen atoms in total. The van der Waals surface area contributed by atoms with Crippen LogP contribution in [0.15, 0.2) is 18.3 Å². The van der Waals surface area contributed by atoms with E-state index in [0.717, 1.165) is 38.6 Å². The zero-order chi connectivity index (χ0) is 17.4. The molecular formula is C20H29N3O2. The van der Waals surface area contributed by atoms with E-state index in [4.69, 9.17) is 0 Å². The topological polar surface area (TPSA) is 45.6 Å². The number of piperidine rings is 1. The van der Waals surface area contributed by atoms with E-state index in [1.165, 1.54) is 19.3 Å². The van der Waals surface area contributed by atoms with Gasteiger partial charge in [-0.3, -0.25) is 9.59 Å². The second-order valence-corrected chi connectivity index (χ2v) is 8.16. The highest BCUT2D eigenvalue weighted by molar-refractivity contribution is 5.94. The molecule has 1 spiro atoms. The van der Waals surface area contributed by atoms with E-state index < -0.39 is 0 Å². The first kappa shape index (κ1) is 16.7. The number of amides is 2. The van der Waals surface area contributed by atoms with Gasteiger partial charge in [-0.1, -0.05) is 19.3 Å². The fourth-order valence-electron chi connectivity index (χ4n) is 5.11. The summed E-state index contributed by atoms with van der Waals surface area (Å²) in [4.78, 5) is 30.3. The Balaban J connectivity index is 1.49. The highest BCUT2D eigenvalue weighted by Gasteiger charge is 2.50. The fourth-order valence-corrected chi connectivity index (χ4v) is 5.11. The maximum absolute atomic E-state index is 13.4. The van der Waals surface area contributed by atoms with Gasteiger partial charge in [-0.2, -0.15) is 0 Å². The molecule has 4 rings (SSSR count). The summed E-state index contributed by atoms with van der Waals surface area (Å²) in [6.07, 6.45) is 10.9. The van der Waals surface area contributed by atoms with Gasteiger partial charge in [-0.05, 0) is 44.2 Å². The highest BCUT2D eigenvalue weighted by atomic mass is 16.2. The van der Waals surface area contributed by atoms with Crippen molar-refractivity contribution in [3.8, 4) is 0 Å². The van der Waals surface area contributed by atoms with Crippen molar-refractivity contribution in [2.75, 3.05) is 19.6 Å². The summed E-state index contributed by atoms with van der Waals surface area (Å²) in [7, 11) is 1.90. The minimum Gasteiger partial charge on any atom is -0.347 e. The first-order valence-electron chi connectivity index (χ1n) is 9.82. The molecule has 25 heavy (non-hydrogen) atoms. The van der Waals surface area contributed by atoms with Gasteiger partial charge >= 0.3 is 0 Å². The number of aromatic nitrogens is 1. The summed E-state index contributed by atoms with van der Waals surface area (Å²) in [6.45, 7) is 2.21. The lowest BCUT2D eigenvalue weighted by molar-refractivity contribution is -0.149. The fraction of sp³-hybridized carbons (Fsp3) is 0.700. The molecular weight excluding hydrogens is 314 g/mol. The van der Waals surface area contributed by atoms with Crippen molar-refractivity contribution in [3.63, 3.8) is 0 Å². The molecule has 1 saturated carbocycles. The van der Waals surface area contributed by atoms with Crippen LogP contribution in [-0.4, -0.2) is 51.9 Å². The van der Waals surface area contributed by atoms with Crippen molar-refractivity contribution in [3.05, 3.63) is 24.0 Å². The van der Waals surface area contributed by atoms with Gasteiger partial charge < -0.3 is 14.4 Å². The highest BCUT2D eigenvalue weighted by Crippen LogP contribution is 2.42. The predicted molar refractivity (Wildman–Crippen MR) is 96.2 cm³/mol. The van der Waals surface area contributed by atoms with Crippen LogP contribution in [0.3, 0.4) is 0 Å². The van der Waals surface area contributed by atoms with Gasteiger partial charge in [0.05, 0.1) is 5.41 Å². The largest absolute Gasteiger partial charge is 0.347 e. The summed E-state index contributed by atoms with van der Waals surface area (Å²) in [5, 5.41) is 0. The van der Waals surface area contributed by atoms with Gasteiger partial charge in [0.25, 0.3) is 5.91 Å². The monoisotopic (exact) mass is 343 g/mol. The van der Waals surface area contributed by atoms with Gasteiger partial charge in [0, 0.05) is 38.9 Å². The maximum atomic E-state index is 13.4. The lowest BCUT2D eigenvalue weighted by Gasteiger charge is -2.44. The Morgan fingerprint density at radius 1 is 1.12 bits per heavy atom. The molecule has 1 atom stereocenters. The Hall–Kier alpha value is -1.78. The molecule has 1 aliphatic carbocycles. The number of hydrogen-bond acceptors (Lipinski definition) is 2. The van der Waals surface area contributed by atoms with Crippen LogP contribution < -0.4 is 0 Å². The summed E-state index contributed by atoms with van der Waals surface area (Å²) in [5.74, 6) is 0.389. The zero-order valence-corrected chi connectivity index (χ0v) is 15.2. The smallest absolute Gasteiger partial charge is 0.270 e. The Labute approximate surface area is 150 Å². The standard InChI is InChI=1S/C20H29N3O2/c1-21-12-5-9-17(21)18(24)22-14-11-20(15-22)10-6-13-23(19(20)25)16-7-3-2-4-8-16/h5,9,12,16H,2-4,6-8,10-11,13-15H2,1H3. The number of rotatable bonds is 2. The molecule has 2 saturated heterocycles. The van der Waals surface area contributed by atoms with Crippen LogP contribution in [0.1, 0.15) is 61.9 Å². The van der Waals surface area contributed by atoms with Crippen LogP contribution in [0.2, 0.25) is 0 Å². The van der Waals surface area contributed by atoms with E-state index in [9.17, 15) is 9.59 Å². The predicted octanol–water partition coefficient (Wildman–Crippen LogP) is 2.81. The molecule has 1 aromatic rings. The van der Waals surface area contributed by atoms with Gasteiger partial charge in [-0.25, -0.2) is 0 Å². The van der Waals surface area contributed by atoms with Crippen molar-refractivity contribution >= 4 is 11.8 Å². The zero-order valence-electron chi connectivity index (χ0n) is 15.2. The van der Waals surface area contributed by atoms with Crippen LogP contribution in [0.5, 0.6) is 0 Å². The van der Waals surface area contributed by atoms with Crippen molar-refractivity contribution in [1.82, 2.24) is 14.4 Å². The molecule has 136 valence electrons. The number of hydrogen-bond donors (Lipinski definition) is 0. The maximum Gasteiger partial charge on any atom is 0.270 e. The van der Waals surface area contributed by atoms with Crippen molar-refractivity contribution in [2.24, 2.45) is 12.5 Å². The molecule has 0 radical (unpaired) electrons. The third kappa shape index (κ3) is 2.87. The number of likely N-dealkylation sites (tertiary alicyclic amines) is 2. The number of aryl methyl sites for hydroxylation is 1. The van der Waals surface area contributed by atoms with Gasteiger partial charge in [-0.15, -0.1) is 0 Å².